The minimum absolute atomic E-state index is 0.191. The zero-order valence-electron chi connectivity index (χ0n) is 15.4. The van der Waals surface area contributed by atoms with Crippen molar-refractivity contribution in [2.45, 2.75) is 60.4 Å². The summed E-state index contributed by atoms with van der Waals surface area (Å²) in [5.74, 6) is 0. The molecule has 0 aliphatic carbocycles. The zero-order chi connectivity index (χ0) is 17.0. The number of benzene rings is 2. The number of rotatable bonds is 5. The maximum Gasteiger partial charge on any atom is 0.0723 e. The molecule has 2 aromatic rings. The highest BCUT2D eigenvalue weighted by molar-refractivity contribution is 5.84. The average molecular weight is 307 g/mol. The number of hydrogen-bond donors (Lipinski definition) is 0. The summed E-state index contributed by atoms with van der Waals surface area (Å²) in [4.78, 5) is 4.86. The van der Waals surface area contributed by atoms with E-state index in [1.807, 2.05) is 0 Å². The lowest BCUT2D eigenvalue weighted by molar-refractivity contribution is 0.805. The molecule has 0 fully saturated rings. The third-order valence-electron chi connectivity index (χ3n) is 4.61. The molecule has 1 heteroatoms. The van der Waals surface area contributed by atoms with Gasteiger partial charge in [0.2, 0.25) is 0 Å². The number of hydrogen-bond acceptors (Lipinski definition) is 1. The second-order valence-electron chi connectivity index (χ2n) is 6.51. The first kappa shape index (κ1) is 17.5. The largest absolute Gasteiger partial charge is 0.285 e. The lowest BCUT2D eigenvalue weighted by Gasteiger charge is -2.14. The highest BCUT2D eigenvalue weighted by Crippen LogP contribution is 2.24. The van der Waals surface area contributed by atoms with Crippen LogP contribution in [0.2, 0.25) is 0 Å². The van der Waals surface area contributed by atoms with Gasteiger partial charge >= 0.3 is 0 Å². The van der Waals surface area contributed by atoms with Gasteiger partial charge in [-0.05, 0) is 73.9 Å². The van der Waals surface area contributed by atoms with Crippen molar-refractivity contribution in [2.75, 3.05) is 0 Å². The predicted octanol–water partition coefficient (Wildman–Crippen LogP) is 5.92. The van der Waals surface area contributed by atoms with Crippen LogP contribution in [-0.2, 0) is 12.8 Å². The fourth-order valence-electron chi connectivity index (χ4n) is 3.25. The Morgan fingerprint density at radius 3 is 2.17 bits per heavy atom. The van der Waals surface area contributed by atoms with E-state index in [2.05, 4.69) is 78.1 Å². The van der Waals surface area contributed by atoms with Crippen molar-refractivity contribution in [3.8, 4) is 0 Å². The molecular formula is C22H29N. The fourth-order valence-corrected chi connectivity index (χ4v) is 3.25. The summed E-state index contributed by atoms with van der Waals surface area (Å²) in [7, 11) is 0. The van der Waals surface area contributed by atoms with Crippen LogP contribution in [0.3, 0.4) is 0 Å². The van der Waals surface area contributed by atoms with E-state index in [9.17, 15) is 0 Å². The van der Waals surface area contributed by atoms with Gasteiger partial charge in [0.15, 0.2) is 0 Å². The molecular weight excluding hydrogens is 278 g/mol. The van der Waals surface area contributed by atoms with E-state index in [0.29, 0.717) is 0 Å². The molecule has 0 N–H and O–H groups in total. The molecule has 2 aromatic carbocycles. The van der Waals surface area contributed by atoms with Crippen molar-refractivity contribution in [1.82, 2.24) is 0 Å². The fraction of sp³-hybridized carbons (Fsp3) is 0.409. The molecule has 1 nitrogen and oxygen atoms in total. The summed E-state index contributed by atoms with van der Waals surface area (Å²) < 4.78 is 0. The van der Waals surface area contributed by atoms with Gasteiger partial charge in [-0.3, -0.25) is 4.99 Å². The van der Waals surface area contributed by atoms with Crippen LogP contribution in [0.25, 0.3) is 0 Å². The van der Waals surface area contributed by atoms with Crippen LogP contribution in [0.15, 0.2) is 35.3 Å². The molecule has 0 saturated heterocycles. The third kappa shape index (κ3) is 4.10. The molecule has 122 valence electrons. The predicted molar refractivity (Wildman–Crippen MR) is 102 cm³/mol. The molecule has 0 saturated carbocycles. The molecule has 0 aromatic heterocycles. The average Bonchev–Trinajstić information content (AvgIpc) is 2.52. The standard InChI is InChI=1S/C22H29N/c1-7-19-9-10-21(20(8-2)13-19)18(6)23-14-22-16(4)11-15(3)12-17(22)5/h9-14,18H,7-8H2,1-6H3. The molecule has 0 amide bonds. The lowest BCUT2D eigenvalue weighted by Crippen LogP contribution is -2.00. The highest BCUT2D eigenvalue weighted by atomic mass is 14.8. The summed E-state index contributed by atoms with van der Waals surface area (Å²) in [6, 6.07) is 11.5. The maximum atomic E-state index is 4.86. The Kier molecular flexibility index (Phi) is 5.76. The summed E-state index contributed by atoms with van der Waals surface area (Å²) in [5, 5.41) is 0. The Labute approximate surface area is 141 Å². The minimum atomic E-state index is 0.191. The molecule has 1 unspecified atom stereocenters. The number of nitrogens with zero attached hydrogens (tertiary/aromatic N) is 1. The normalized spacial score (nSPS) is 12.8. The van der Waals surface area contributed by atoms with Gasteiger partial charge in [0, 0.05) is 6.21 Å². The first-order valence-corrected chi connectivity index (χ1v) is 8.69. The van der Waals surface area contributed by atoms with Crippen LogP contribution in [0.4, 0.5) is 0 Å². The van der Waals surface area contributed by atoms with E-state index in [1.165, 1.54) is 38.9 Å². The highest BCUT2D eigenvalue weighted by Gasteiger charge is 2.09. The lowest BCUT2D eigenvalue weighted by atomic mass is 9.96. The van der Waals surface area contributed by atoms with Gasteiger partial charge in [-0.25, -0.2) is 0 Å². The molecule has 0 aliphatic rings. The van der Waals surface area contributed by atoms with Crippen LogP contribution in [0.1, 0.15) is 65.8 Å². The van der Waals surface area contributed by atoms with Crippen molar-refractivity contribution in [1.29, 1.82) is 0 Å². The third-order valence-corrected chi connectivity index (χ3v) is 4.61. The van der Waals surface area contributed by atoms with E-state index in [4.69, 9.17) is 4.99 Å². The molecule has 0 aliphatic heterocycles. The van der Waals surface area contributed by atoms with E-state index in [0.717, 1.165) is 12.8 Å². The second kappa shape index (κ2) is 7.59. The topological polar surface area (TPSA) is 12.4 Å². The van der Waals surface area contributed by atoms with E-state index in [-0.39, 0.29) is 6.04 Å². The zero-order valence-corrected chi connectivity index (χ0v) is 15.4. The van der Waals surface area contributed by atoms with Crippen LogP contribution < -0.4 is 0 Å². The molecule has 23 heavy (non-hydrogen) atoms. The molecule has 0 bridgehead atoms. The summed E-state index contributed by atoms with van der Waals surface area (Å²) >= 11 is 0. The van der Waals surface area contributed by atoms with Gasteiger partial charge in [0.25, 0.3) is 0 Å². The SMILES string of the molecule is CCc1ccc(C(C)N=Cc2c(C)cc(C)cc2C)c(CC)c1. The minimum Gasteiger partial charge on any atom is -0.285 e. The summed E-state index contributed by atoms with van der Waals surface area (Å²) in [5.41, 5.74) is 9.35. The molecule has 1 atom stereocenters. The van der Waals surface area contributed by atoms with Crippen molar-refractivity contribution in [3.05, 3.63) is 69.3 Å². The van der Waals surface area contributed by atoms with Gasteiger partial charge in [0.1, 0.15) is 0 Å². The molecule has 0 radical (unpaired) electrons. The smallest absolute Gasteiger partial charge is 0.0723 e. The Bertz CT molecular complexity index is 687. The van der Waals surface area contributed by atoms with Gasteiger partial charge in [-0.15, -0.1) is 0 Å². The Balaban J connectivity index is 2.30. The van der Waals surface area contributed by atoms with E-state index < -0.39 is 0 Å². The van der Waals surface area contributed by atoms with Crippen molar-refractivity contribution >= 4 is 6.21 Å². The Morgan fingerprint density at radius 2 is 1.61 bits per heavy atom. The monoisotopic (exact) mass is 307 g/mol. The van der Waals surface area contributed by atoms with Gasteiger partial charge in [-0.1, -0.05) is 49.7 Å². The van der Waals surface area contributed by atoms with Gasteiger partial charge < -0.3 is 0 Å². The van der Waals surface area contributed by atoms with Crippen molar-refractivity contribution in [2.24, 2.45) is 4.99 Å². The molecule has 0 spiro atoms. The maximum absolute atomic E-state index is 4.86. The summed E-state index contributed by atoms with van der Waals surface area (Å²) in [6.07, 6.45) is 4.21. The van der Waals surface area contributed by atoms with E-state index in [1.54, 1.807) is 0 Å². The Hall–Kier alpha value is -1.89. The number of aryl methyl sites for hydroxylation is 5. The van der Waals surface area contributed by atoms with E-state index >= 15 is 0 Å². The number of aliphatic imine (C=N–C) groups is 1. The summed E-state index contributed by atoms with van der Waals surface area (Å²) in [6.45, 7) is 13.1. The van der Waals surface area contributed by atoms with Crippen molar-refractivity contribution < 1.29 is 0 Å². The first-order valence-electron chi connectivity index (χ1n) is 8.69. The first-order chi connectivity index (χ1) is 11.0. The molecule has 0 heterocycles. The Morgan fingerprint density at radius 1 is 0.957 bits per heavy atom. The quantitative estimate of drug-likeness (QED) is 0.608. The van der Waals surface area contributed by atoms with Gasteiger partial charge in [-0.2, -0.15) is 0 Å². The van der Waals surface area contributed by atoms with Gasteiger partial charge in [0.05, 0.1) is 6.04 Å². The van der Waals surface area contributed by atoms with Crippen LogP contribution in [0, 0.1) is 20.8 Å². The van der Waals surface area contributed by atoms with Crippen molar-refractivity contribution in [3.63, 3.8) is 0 Å². The second-order valence-corrected chi connectivity index (χ2v) is 6.51. The molecule has 2 rings (SSSR count). The van der Waals surface area contributed by atoms with Crippen LogP contribution >= 0.6 is 0 Å². The van der Waals surface area contributed by atoms with Crippen LogP contribution in [-0.4, -0.2) is 6.21 Å². The van der Waals surface area contributed by atoms with Crippen LogP contribution in [0.5, 0.6) is 0 Å².